The molecule has 0 unspecified atom stereocenters. The molecule has 0 saturated carbocycles. The molecule has 1 amide bonds. The van der Waals surface area contributed by atoms with Crippen molar-refractivity contribution in [3.05, 3.63) is 29.8 Å². The molecular formula is C16H27N3O. The first kappa shape index (κ1) is 16.5. The summed E-state index contributed by atoms with van der Waals surface area (Å²) >= 11 is 0. The van der Waals surface area contributed by atoms with Gasteiger partial charge in [0.15, 0.2) is 0 Å². The highest BCUT2D eigenvalue weighted by Crippen LogP contribution is 2.17. The number of carbonyl (C=O) groups excluding carboxylic acids is 1. The Morgan fingerprint density at radius 2 is 1.80 bits per heavy atom. The summed E-state index contributed by atoms with van der Waals surface area (Å²) in [6.07, 6.45) is 0. The van der Waals surface area contributed by atoms with Gasteiger partial charge in [-0.2, -0.15) is 0 Å². The molecule has 0 radical (unpaired) electrons. The molecule has 0 atom stereocenters. The maximum absolute atomic E-state index is 11.1. The van der Waals surface area contributed by atoms with Crippen molar-refractivity contribution in [2.75, 3.05) is 18.0 Å². The van der Waals surface area contributed by atoms with Gasteiger partial charge in [0, 0.05) is 18.3 Å². The molecule has 112 valence electrons. The normalized spacial score (nSPS) is 11.1. The molecule has 4 nitrogen and oxygen atoms in total. The van der Waals surface area contributed by atoms with Gasteiger partial charge in [0.25, 0.3) is 0 Å². The molecule has 0 aliphatic carbocycles. The largest absolute Gasteiger partial charge is 0.368 e. The number of anilines is 1. The van der Waals surface area contributed by atoms with Crippen molar-refractivity contribution in [3.8, 4) is 0 Å². The fourth-order valence-corrected chi connectivity index (χ4v) is 2.05. The first-order valence-corrected chi connectivity index (χ1v) is 7.24. The Morgan fingerprint density at radius 3 is 2.25 bits per heavy atom. The van der Waals surface area contributed by atoms with Gasteiger partial charge in [-0.1, -0.05) is 26.0 Å². The third-order valence-electron chi connectivity index (χ3n) is 3.10. The van der Waals surface area contributed by atoms with E-state index in [0.717, 1.165) is 18.8 Å². The number of primary amides is 1. The van der Waals surface area contributed by atoms with Crippen LogP contribution < -0.4 is 16.0 Å². The lowest BCUT2D eigenvalue weighted by Gasteiger charge is -2.27. The number of amides is 1. The zero-order valence-corrected chi connectivity index (χ0v) is 13.0. The number of nitrogens with one attached hydrogen (secondary N) is 1. The van der Waals surface area contributed by atoms with Crippen molar-refractivity contribution >= 4 is 11.6 Å². The number of nitrogens with two attached hydrogens (primary N) is 1. The van der Waals surface area contributed by atoms with Gasteiger partial charge in [0.05, 0.1) is 6.54 Å². The third kappa shape index (κ3) is 5.61. The highest BCUT2D eigenvalue weighted by atomic mass is 16.1. The van der Waals surface area contributed by atoms with E-state index >= 15 is 0 Å². The maximum atomic E-state index is 11.1. The molecule has 0 bridgehead atoms. The molecule has 0 aliphatic rings. The summed E-state index contributed by atoms with van der Waals surface area (Å²) in [4.78, 5) is 13.1. The Morgan fingerprint density at radius 1 is 1.20 bits per heavy atom. The van der Waals surface area contributed by atoms with Crippen LogP contribution in [0, 0.1) is 5.92 Å². The van der Waals surface area contributed by atoms with E-state index in [1.165, 1.54) is 5.56 Å². The summed E-state index contributed by atoms with van der Waals surface area (Å²) in [6.45, 7) is 10.6. The van der Waals surface area contributed by atoms with Gasteiger partial charge in [-0.3, -0.25) is 4.79 Å². The van der Waals surface area contributed by atoms with Crippen LogP contribution >= 0.6 is 0 Å². The molecule has 0 aromatic heterocycles. The van der Waals surface area contributed by atoms with E-state index in [9.17, 15) is 4.79 Å². The average Bonchev–Trinajstić information content (AvgIpc) is 2.36. The molecule has 0 aliphatic heterocycles. The van der Waals surface area contributed by atoms with Crippen LogP contribution in [0.2, 0.25) is 0 Å². The fourth-order valence-electron chi connectivity index (χ4n) is 2.05. The number of hydrogen-bond donors (Lipinski definition) is 2. The quantitative estimate of drug-likeness (QED) is 0.765. The maximum Gasteiger partial charge on any atom is 0.236 e. The second kappa shape index (κ2) is 7.90. The van der Waals surface area contributed by atoms with Gasteiger partial charge < -0.3 is 16.0 Å². The van der Waals surface area contributed by atoms with Crippen molar-refractivity contribution in [1.82, 2.24) is 5.32 Å². The van der Waals surface area contributed by atoms with E-state index in [0.29, 0.717) is 5.92 Å². The highest BCUT2D eigenvalue weighted by Gasteiger charge is 2.12. The van der Waals surface area contributed by atoms with Crippen LogP contribution in [0.15, 0.2) is 24.3 Å². The summed E-state index contributed by atoms with van der Waals surface area (Å²) in [6, 6.07) is 8.54. The predicted molar refractivity (Wildman–Crippen MR) is 84.7 cm³/mol. The van der Waals surface area contributed by atoms with Gasteiger partial charge >= 0.3 is 0 Å². The van der Waals surface area contributed by atoms with Crippen molar-refractivity contribution in [3.63, 3.8) is 0 Å². The third-order valence-corrected chi connectivity index (χ3v) is 3.10. The molecule has 4 heteroatoms. The molecular weight excluding hydrogens is 250 g/mol. The summed E-state index contributed by atoms with van der Waals surface area (Å²) in [5.74, 6) is 0.350. The topological polar surface area (TPSA) is 58.4 Å². The van der Waals surface area contributed by atoms with E-state index in [1.807, 2.05) is 4.90 Å². The fraction of sp³-hybridized carbons (Fsp3) is 0.562. The Hall–Kier alpha value is -1.55. The van der Waals surface area contributed by atoms with Crippen molar-refractivity contribution < 1.29 is 4.79 Å². The smallest absolute Gasteiger partial charge is 0.236 e. The minimum absolute atomic E-state index is 0.243. The van der Waals surface area contributed by atoms with Gasteiger partial charge in [0.2, 0.25) is 5.91 Å². The Bertz CT molecular complexity index is 412. The first-order chi connectivity index (χ1) is 9.40. The average molecular weight is 277 g/mol. The lowest BCUT2D eigenvalue weighted by atomic mass is 10.1. The number of rotatable bonds is 8. The lowest BCUT2D eigenvalue weighted by Crippen LogP contribution is -2.38. The van der Waals surface area contributed by atoms with Gasteiger partial charge in [0.1, 0.15) is 0 Å². The van der Waals surface area contributed by atoms with Crippen LogP contribution in [0.3, 0.4) is 0 Å². The van der Waals surface area contributed by atoms with Crippen LogP contribution in [0.5, 0.6) is 0 Å². The van der Waals surface area contributed by atoms with Crippen LogP contribution in [-0.4, -0.2) is 25.0 Å². The van der Waals surface area contributed by atoms with E-state index in [1.54, 1.807) is 0 Å². The zero-order valence-electron chi connectivity index (χ0n) is 13.0. The molecule has 20 heavy (non-hydrogen) atoms. The standard InChI is InChI=1S/C16H27N3O/c1-12(2)9-18-10-14-5-7-15(8-6-14)19(13(3)4)11-16(17)20/h5-8,12-13,18H,9-11H2,1-4H3,(H2,17,20). The first-order valence-electron chi connectivity index (χ1n) is 7.24. The van der Waals surface area contributed by atoms with Crippen LogP contribution in [0.1, 0.15) is 33.3 Å². The summed E-state index contributed by atoms with van der Waals surface area (Å²) in [7, 11) is 0. The minimum atomic E-state index is -0.304. The van der Waals surface area contributed by atoms with Crippen LogP contribution in [0.25, 0.3) is 0 Å². The SMILES string of the molecule is CC(C)CNCc1ccc(N(CC(N)=O)C(C)C)cc1. The Balaban J connectivity index is 2.65. The minimum Gasteiger partial charge on any atom is -0.368 e. The van der Waals surface area contributed by atoms with Crippen LogP contribution in [-0.2, 0) is 11.3 Å². The predicted octanol–water partition coefficient (Wildman–Crippen LogP) is 2.13. The van der Waals surface area contributed by atoms with E-state index in [-0.39, 0.29) is 18.5 Å². The van der Waals surface area contributed by atoms with E-state index in [4.69, 9.17) is 5.73 Å². The highest BCUT2D eigenvalue weighted by molar-refractivity contribution is 5.79. The summed E-state index contributed by atoms with van der Waals surface area (Å²) in [5, 5.41) is 3.42. The molecule has 0 fully saturated rings. The van der Waals surface area contributed by atoms with Gasteiger partial charge in [-0.05, 0) is 44.0 Å². The zero-order chi connectivity index (χ0) is 15.1. The summed E-state index contributed by atoms with van der Waals surface area (Å²) in [5.41, 5.74) is 7.58. The number of nitrogens with zero attached hydrogens (tertiary/aromatic N) is 1. The monoisotopic (exact) mass is 277 g/mol. The van der Waals surface area contributed by atoms with Crippen molar-refractivity contribution in [1.29, 1.82) is 0 Å². The second-order valence-electron chi connectivity index (χ2n) is 5.88. The van der Waals surface area contributed by atoms with Crippen molar-refractivity contribution in [2.45, 2.75) is 40.3 Å². The lowest BCUT2D eigenvalue weighted by molar-refractivity contribution is -0.116. The number of benzene rings is 1. The molecule has 0 heterocycles. The molecule has 3 N–H and O–H groups in total. The molecule has 0 saturated heterocycles. The van der Waals surface area contributed by atoms with E-state index < -0.39 is 0 Å². The molecule has 0 spiro atoms. The second-order valence-corrected chi connectivity index (χ2v) is 5.88. The number of carbonyl (C=O) groups is 1. The van der Waals surface area contributed by atoms with Gasteiger partial charge in [-0.15, -0.1) is 0 Å². The van der Waals surface area contributed by atoms with Crippen molar-refractivity contribution in [2.24, 2.45) is 11.7 Å². The van der Waals surface area contributed by atoms with Crippen LogP contribution in [0.4, 0.5) is 5.69 Å². The molecule has 1 rings (SSSR count). The number of hydrogen-bond acceptors (Lipinski definition) is 3. The molecule has 1 aromatic carbocycles. The molecule has 1 aromatic rings. The van der Waals surface area contributed by atoms with E-state index in [2.05, 4.69) is 57.3 Å². The Kier molecular flexibility index (Phi) is 6.52. The summed E-state index contributed by atoms with van der Waals surface area (Å²) < 4.78 is 0. The Labute approximate surface area is 122 Å². The van der Waals surface area contributed by atoms with Gasteiger partial charge in [-0.25, -0.2) is 0 Å².